The molecule has 0 atom stereocenters. The highest BCUT2D eigenvalue weighted by Gasteiger charge is 2.25. The van der Waals surface area contributed by atoms with Crippen molar-refractivity contribution in [3.8, 4) is 5.75 Å². The van der Waals surface area contributed by atoms with Crippen LogP contribution in [-0.4, -0.2) is 60.8 Å². The van der Waals surface area contributed by atoms with Crippen LogP contribution >= 0.6 is 11.6 Å². The lowest BCUT2D eigenvalue weighted by atomic mass is 10.1. The first kappa shape index (κ1) is 15.6. The third-order valence-electron chi connectivity index (χ3n) is 3.57. The molecule has 2 rings (SSSR count). The van der Waals surface area contributed by atoms with Gasteiger partial charge in [0, 0.05) is 38.5 Å². The molecule has 1 aliphatic rings. The number of hydrogen-bond acceptors (Lipinski definition) is 3. The van der Waals surface area contributed by atoms with Crippen molar-refractivity contribution < 1.29 is 14.3 Å². The zero-order chi connectivity index (χ0) is 15.2. The lowest BCUT2D eigenvalue weighted by Gasteiger charge is -2.35. The quantitative estimate of drug-likeness (QED) is 0.794. The van der Waals surface area contributed by atoms with Crippen LogP contribution in [0.1, 0.15) is 16.8 Å². The number of carbonyl (C=O) groups excluding carboxylic acids is 2. The number of alkyl halides is 1. The molecule has 114 valence electrons. The van der Waals surface area contributed by atoms with Gasteiger partial charge < -0.3 is 14.5 Å². The number of rotatable bonds is 4. The predicted molar refractivity (Wildman–Crippen MR) is 80.8 cm³/mol. The molecule has 1 fully saturated rings. The number of methoxy groups -OCH3 is 1. The molecule has 0 N–H and O–H groups in total. The number of carbonyl (C=O) groups is 2. The molecule has 2 amide bonds. The average Bonchev–Trinajstić information content (AvgIpc) is 2.54. The maximum atomic E-state index is 12.5. The Labute approximate surface area is 129 Å². The standard InChI is InChI=1S/C15H19ClN2O3/c1-21-13-5-3-2-4-12(13)15(20)18-10-8-17(9-11-18)14(19)6-7-16/h2-5H,6-11H2,1H3. The first-order chi connectivity index (χ1) is 10.2. The molecule has 5 nitrogen and oxygen atoms in total. The van der Waals surface area contributed by atoms with Crippen LogP contribution in [0.15, 0.2) is 24.3 Å². The SMILES string of the molecule is COc1ccccc1C(=O)N1CCN(C(=O)CCCl)CC1. The molecule has 0 aromatic heterocycles. The summed E-state index contributed by atoms with van der Waals surface area (Å²) in [5, 5.41) is 0. The molecule has 0 saturated carbocycles. The van der Waals surface area contributed by atoms with Crippen LogP contribution in [-0.2, 0) is 4.79 Å². The van der Waals surface area contributed by atoms with E-state index in [1.54, 1.807) is 29.0 Å². The maximum absolute atomic E-state index is 12.5. The molecular formula is C15H19ClN2O3. The molecule has 21 heavy (non-hydrogen) atoms. The minimum atomic E-state index is -0.0584. The van der Waals surface area contributed by atoms with Crippen molar-refractivity contribution in [2.45, 2.75) is 6.42 Å². The van der Waals surface area contributed by atoms with Crippen molar-refractivity contribution in [2.75, 3.05) is 39.2 Å². The number of piperazine rings is 1. The molecule has 0 radical (unpaired) electrons. The number of nitrogens with zero attached hydrogens (tertiary/aromatic N) is 2. The molecule has 6 heteroatoms. The number of benzene rings is 1. The second kappa shape index (κ2) is 7.31. The second-order valence-electron chi connectivity index (χ2n) is 4.81. The van der Waals surface area contributed by atoms with Crippen molar-refractivity contribution in [3.63, 3.8) is 0 Å². The van der Waals surface area contributed by atoms with E-state index in [-0.39, 0.29) is 11.8 Å². The molecule has 1 saturated heterocycles. The molecule has 1 aromatic carbocycles. The number of amides is 2. The van der Waals surface area contributed by atoms with Gasteiger partial charge >= 0.3 is 0 Å². The van der Waals surface area contributed by atoms with Crippen LogP contribution in [0.5, 0.6) is 5.75 Å². The molecule has 1 aromatic rings. The average molecular weight is 311 g/mol. The summed E-state index contributed by atoms with van der Waals surface area (Å²) in [6.45, 7) is 2.17. The molecule has 1 aliphatic heterocycles. The van der Waals surface area contributed by atoms with Gasteiger partial charge in [0.1, 0.15) is 5.75 Å². The Morgan fingerprint density at radius 2 is 1.76 bits per heavy atom. The Bertz CT molecular complexity index is 513. The van der Waals surface area contributed by atoms with E-state index >= 15 is 0 Å². The molecule has 1 heterocycles. The minimum absolute atomic E-state index is 0.0504. The van der Waals surface area contributed by atoms with Crippen LogP contribution in [0.4, 0.5) is 0 Å². The van der Waals surface area contributed by atoms with Crippen molar-refractivity contribution in [3.05, 3.63) is 29.8 Å². The van der Waals surface area contributed by atoms with Crippen LogP contribution in [0, 0.1) is 0 Å². The fourth-order valence-electron chi connectivity index (χ4n) is 2.39. The summed E-state index contributed by atoms with van der Waals surface area (Å²) in [5.74, 6) is 0.897. The van der Waals surface area contributed by atoms with Gasteiger partial charge in [0.15, 0.2) is 0 Å². The monoisotopic (exact) mass is 310 g/mol. The molecule has 0 aliphatic carbocycles. The largest absolute Gasteiger partial charge is 0.496 e. The maximum Gasteiger partial charge on any atom is 0.257 e. The minimum Gasteiger partial charge on any atom is -0.496 e. The van der Waals surface area contributed by atoms with Crippen molar-refractivity contribution in [1.29, 1.82) is 0 Å². The van der Waals surface area contributed by atoms with Crippen molar-refractivity contribution in [2.24, 2.45) is 0 Å². The van der Waals surface area contributed by atoms with E-state index in [1.807, 2.05) is 12.1 Å². The summed E-state index contributed by atoms with van der Waals surface area (Å²) in [5.41, 5.74) is 0.556. The van der Waals surface area contributed by atoms with Crippen molar-refractivity contribution in [1.82, 2.24) is 9.80 Å². The van der Waals surface area contributed by atoms with E-state index < -0.39 is 0 Å². The van der Waals surface area contributed by atoms with Gasteiger partial charge in [-0.25, -0.2) is 0 Å². The van der Waals surface area contributed by atoms with Gasteiger partial charge in [-0.05, 0) is 12.1 Å². The first-order valence-electron chi connectivity index (χ1n) is 6.93. The first-order valence-corrected chi connectivity index (χ1v) is 7.47. The van der Waals surface area contributed by atoms with Gasteiger partial charge in [-0.3, -0.25) is 9.59 Å². The summed E-state index contributed by atoms with van der Waals surface area (Å²) >= 11 is 5.58. The summed E-state index contributed by atoms with van der Waals surface area (Å²) in [6, 6.07) is 7.17. The second-order valence-corrected chi connectivity index (χ2v) is 5.19. The third-order valence-corrected chi connectivity index (χ3v) is 3.75. The Morgan fingerprint density at radius 1 is 1.14 bits per heavy atom. The number of para-hydroxylation sites is 1. The van der Waals surface area contributed by atoms with Gasteiger partial charge in [0.25, 0.3) is 5.91 Å². The van der Waals surface area contributed by atoms with Gasteiger partial charge in [-0.15, -0.1) is 11.6 Å². The summed E-state index contributed by atoms with van der Waals surface area (Å²) in [6.07, 6.45) is 0.349. The van der Waals surface area contributed by atoms with Crippen LogP contribution in [0.2, 0.25) is 0 Å². The van der Waals surface area contributed by atoms with E-state index in [9.17, 15) is 9.59 Å². The Morgan fingerprint density at radius 3 is 2.38 bits per heavy atom. The van der Waals surface area contributed by atoms with Gasteiger partial charge in [0.05, 0.1) is 12.7 Å². The fourth-order valence-corrected chi connectivity index (χ4v) is 2.55. The van der Waals surface area contributed by atoms with E-state index in [0.29, 0.717) is 49.8 Å². The molecule has 0 spiro atoms. The van der Waals surface area contributed by atoms with Gasteiger partial charge in [-0.2, -0.15) is 0 Å². The van der Waals surface area contributed by atoms with Crippen LogP contribution in [0.3, 0.4) is 0 Å². The third kappa shape index (κ3) is 3.67. The van der Waals surface area contributed by atoms with Crippen LogP contribution < -0.4 is 4.74 Å². The summed E-state index contributed by atoms with van der Waals surface area (Å²) in [4.78, 5) is 27.8. The summed E-state index contributed by atoms with van der Waals surface area (Å²) < 4.78 is 5.22. The Kier molecular flexibility index (Phi) is 5.44. The number of ether oxygens (including phenoxy) is 1. The highest BCUT2D eigenvalue weighted by Crippen LogP contribution is 2.20. The van der Waals surface area contributed by atoms with Gasteiger partial charge in [-0.1, -0.05) is 12.1 Å². The zero-order valence-corrected chi connectivity index (χ0v) is 12.8. The normalized spacial score (nSPS) is 15.0. The summed E-state index contributed by atoms with van der Waals surface area (Å²) in [7, 11) is 1.55. The molecular weight excluding hydrogens is 292 g/mol. The zero-order valence-electron chi connectivity index (χ0n) is 12.0. The van der Waals surface area contributed by atoms with E-state index in [0.717, 1.165) is 0 Å². The highest BCUT2D eigenvalue weighted by molar-refractivity contribution is 6.18. The lowest BCUT2D eigenvalue weighted by molar-refractivity contribution is -0.132. The van der Waals surface area contributed by atoms with E-state index in [2.05, 4.69) is 0 Å². The Hall–Kier alpha value is -1.75. The molecule has 0 unspecified atom stereocenters. The smallest absolute Gasteiger partial charge is 0.257 e. The fraction of sp³-hybridized carbons (Fsp3) is 0.467. The van der Waals surface area contributed by atoms with Crippen LogP contribution in [0.25, 0.3) is 0 Å². The van der Waals surface area contributed by atoms with Crippen molar-refractivity contribution >= 4 is 23.4 Å². The Balaban J connectivity index is 1.99. The number of halogens is 1. The highest BCUT2D eigenvalue weighted by atomic mass is 35.5. The van der Waals surface area contributed by atoms with Gasteiger partial charge in [0.2, 0.25) is 5.91 Å². The topological polar surface area (TPSA) is 49.9 Å². The number of hydrogen-bond donors (Lipinski definition) is 0. The predicted octanol–water partition coefficient (Wildman–Crippen LogP) is 1.61. The van der Waals surface area contributed by atoms with E-state index in [4.69, 9.17) is 16.3 Å². The van der Waals surface area contributed by atoms with E-state index in [1.165, 1.54) is 0 Å². The molecule has 0 bridgehead atoms. The lowest BCUT2D eigenvalue weighted by Crippen LogP contribution is -2.50.